The highest BCUT2D eigenvalue weighted by Crippen LogP contribution is 2.11. The monoisotopic (exact) mass is 224 g/mol. The van der Waals surface area contributed by atoms with Crippen molar-refractivity contribution >= 4 is 0 Å². The number of rotatable bonds is 7. The summed E-state index contributed by atoms with van der Waals surface area (Å²) in [5.74, 6) is 6.31. The van der Waals surface area contributed by atoms with Gasteiger partial charge in [0.05, 0.1) is 0 Å². The van der Waals surface area contributed by atoms with E-state index in [4.69, 9.17) is 5.84 Å². The third-order valence-electron chi connectivity index (χ3n) is 3.00. The van der Waals surface area contributed by atoms with E-state index in [0.717, 1.165) is 25.2 Å². The minimum atomic E-state index is 0.414. The summed E-state index contributed by atoms with van der Waals surface area (Å²) in [6, 6.07) is 2.48. The summed E-state index contributed by atoms with van der Waals surface area (Å²) in [4.78, 5) is 0. The molecule has 1 aromatic heterocycles. The summed E-state index contributed by atoms with van der Waals surface area (Å²) in [6.07, 6.45) is 6.31. The van der Waals surface area contributed by atoms with Gasteiger partial charge < -0.3 is 0 Å². The average molecular weight is 224 g/mol. The van der Waals surface area contributed by atoms with Crippen molar-refractivity contribution in [1.29, 1.82) is 0 Å². The quantitative estimate of drug-likeness (QED) is 0.546. The lowest BCUT2D eigenvalue weighted by atomic mass is 10.00. The Labute approximate surface area is 98.2 Å². The number of hydrazine groups is 1. The second-order valence-electron chi connectivity index (χ2n) is 4.82. The highest BCUT2D eigenvalue weighted by Gasteiger charge is 2.09. The number of aryl methyl sites for hydroxylation is 2. The fraction of sp³-hybridized carbons (Fsp3) is 0.750. The van der Waals surface area contributed by atoms with Crippen molar-refractivity contribution in [3.63, 3.8) is 0 Å². The molecule has 16 heavy (non-hydrogen) atoms. The number of nitrogens with one attached hydrogen (secondary N) is 1. The second-order valence-corrected chi connectivity index (χ2v) is 4.82. The highest BCUT2D eigenvalue weighted by atomic mass is 15.3. The van der Waals surface area contributed by atoms with Gasteiger partial charge in [0.15, 0.2) is 0 Å². The fourth-order valence-corrected chi connectivity index (χ4v) is 1.81. The summed E-state index contributed by atoms with van der Waals surface area (Å²) < 4.78 is 1.93. The molecule has 1 rings (SSSR count). The Morgan fingerprint density at radius 1 is 1.38 bits per heavy atom. The van der Waals surface area contributed by atoms with Crippen LogP contribution in [-0.2, 0) is 13.5 Å². The molecule has 1 aromatic rings. The molecule has 4 nitrogen and oxygen atoms in total. The Hall–Kier alpha value is -0.870. The molecule has 1 unspecified atom stereocenters. The average Bonchev–Trinajstić information content (AvgIpc) is 2.64. The fourth-order valence-electron chi connectivity index (χ4n) is 1.81. The molecule has 0 aliphatic carbocycles. The molecule has 0 bridgehead atoms. The topological polar surface area (TPSA) is 55.9 Å². The van der Waals surface area contributed by atoms with E-state index in [1.807, 2.05) is 17.9 Å². The minimum Gasteiger partial charge on any atom is -0.273 e. The molecule has 0 amide bonds. The Morgan fingerprint density at radius 3 is 2.62 bits per heavy atom. The first-order chi connectivity index (χ1) is 7.63. The van der Waals surface area contributed by atoms with Gasteiger partial charge in [0.1, 0.15) is 0 Å². The molecule has 0 saturated heterocycles. The van der Waals surface area contributed by atoms with E-state index in [2.05, 4.69) is 30.4 Å². The van der Waals surface area contributed by atoms with Gasteiger partial charge >= 0.3 is 0 Å². The summed E-state index contributed by atoms with van der Waals surface area (Å²) >= 11 is 0. The summed E-state index contributed by atoms with van der Waals surface area (Å²) in [5.41, 5.74) is 4.18. The van der Waals surface area contributed by atoms with Gasteiger partial charge in [0.2, 0.25) is 0 Å². The molecule has 0 aliphatic heterocycles. The van der Waals surface area contributed by atoms with Crippen LogP contribution in [0, 0.1) is 5.92 Å². The summed E-state index contributed by atoms with van der Waals surface area (Å²) in [5, 5.41) is 4.16. The van der Waals surface area contributed by atoms with Crippen LogP contribution in [0.4, 0.5) is 0 Å². The molecule has 4 heteroatoms. The molecule has 0 saturated carbocycles. The SMILES string of the molecule is CC(C)CCC(CCc1ccnn1C)NN. The second kappa shape index (κ2) is 6.66. The van der Waals surface area contributed by atoms with Gasteiger partial charge in [-0.05, 0) is 37.7 Å². The van der Waals surface area contributed by atoms with Gasteiger partial charge in [-0.3, -0.25) is 16.0 Å². The lowest BCUT2D eigenvalue weighted by molar-refractivity contribution is 0.413. The van der Waals surface area contributed by atoms with E-state index >= 15 is 0 Å². The molecular weight excluding hydrogens is 200 g/mol. The van der Waals surface area contributed by atoms with Crippen LogP contribution < -0.4 is 11.3 Å². The van der Waals surface area contributed by atoms with Crippen molar-refractivity contribution < 1.29 is 0 Å². The van der Waals surface area contributed by atoms with Gasteiger partial charge in [-0.25, -0.2) is 0 Å². The third-order valence-corrected chi connectivity index (χ3v) is 3.00. The van der Waals surface area contributed by atoms with Crippen LogP contribution >= 0.6 is 0 Å². The van der Waals surface area contributed by atoms with Crippen LogP contribution in [0.2, 0.25) is 0 Å². The molecule has 0 aliphatic rings. The Balaban J connectivity index is 2.31. The Morgan fingerprint density at radius 2 is 2.12 bits per heavy atom. The molecule has 0 fully saturated rings. The maximum Gasteiger partial charge on any atom is 0.0492 e. The number of hydrogen-bond donors (Lipinski definition) is 2. The Kier molecular flexibility index (Phi) is 5.49. The van der Waals surface area contributed by atoms with Crippen LogP contribution in [0.1, 0.15) is 38.8 Å². The molecule has 0 aromatic carbocycles. The van der Waals surface area contributed by atoms with Gasteiger partial charge in [0, 0.05) is 25.0 Å². The minimum absolute atomic E-state index is 0.414. The summed E-state index contributed by atoms with van der Waals surface area (Å²) in [7, 11) is 1.98. The van der Waals surface area contributed by atoms with Crippen LogP contribution in [0.15, 0.2) is 12.3 Å². The van der Waals surface area contributed by atoms with Gasteiger partial charge in [0.25, 0.3) is 0 Å². The zero-order chi connectivity index (χ0) is 12.0. The number of hydrogen-bond acceptors (Lipinski definition) is 3. The van der Waals surface area contributed by atoms with Crippen molar-refractivity contribution in [2.24, 2.45) is 18.8 Å². The molecule has 0 spiro atoms. The van der Waals surface area contributed by atoms with E-state index in [1.54, 1.807) is 0 Å². The van der Waals surface area contributed by atoms with E-state index < -0.39 is 0 Å². The van der Waals surface area contributed by atoms with E-state index in [1.165, 1.54) is 12.1 Å². The van der Waals surface area contributed by atoms with E-state index in [-0.39, 0.29) is 0 Å². The van der Waals surface area contributed by atoms with Crippen molar-refractivity contribution in [3.05, 3.63) is 18.0 Å². The number of nitrogens with zero attached hydrogens (tertiary/aromatic N) is 2. The normalized spacial score (nSPS) is 13.3. The van der Waals surface area contributed by atoms with Crippen molar-refractivity contribution in [2.45, 2.75) is 45.6 Å². The van der Waals surface area contributed by atoms with Gasteiger partial charge in [-0.2, -0.15) is 5.10 Å². The molecule has 1 heterocycles. The zero-order valence-electron chi connectivity index (χ0n) is 10.6. The maximum atomic E-state index is 5.56. The molecule has 92 valence electrons. The first-order valence-electron chi connectivity index (χ1n) is 6.06. The predicted molar refractivity (Wildman–Crippen MR) is 66.7 cm³/mol. The third kappa shape index (κ3) is 4.33. The lowest BCUT2D eigenvalue weighted by Gasteiger charge is -2.16. The highest BCUT2D eigenvalue weighted by molar-refractivity contribution is 5.00. The van der Waals surface area contributed by atoms with Crippen molar-refractivity contribution in [3.8, 4) is 0 Å². The predicted octanol–water partition coefficient (Wildman–Crippen LogP) is 1.62. The first kappa shape index (κ1) is 13.2. The van der Waals surface area contributed by atoms with Crippen molar-refractivity contribution in [2.75, 3.05) is 0 Å². The van der Waals surface area contributed by atoms with Crippen LogP contribution in [0.5, 0.6) is 0 Å². The maximum absolute atomic E-state index is 5.56. The molecule has 0 radical (unpaired) electrons. The zero-order valence-corrected chi connectivity index (χ0v) is 10.6. The lowest BCUT2D eigenvalue weighted by Crippen LogP contribution is -2.35. The smallest absolute Gasteiger partial charge is 0.0492 e. The first-order valence-corrected chi connectivity index (χ1v) is 6.06. The Bertz CT molecular complexity index is 293. The van der Waals surface area contributed by atoms with Gasteiger partial charge in [-0.1, -0.05) is 13.8 Å². The van der Waals surface area contributed by atoms with Crippen molar-refractivity contribution in [1.82, 2.24) is 15.2 Å². The molecule has 3 N–H and O–H groups in total. The van der Waals surface area contributed by atoms with Crippen LogP contribution in [0.3, 0.4) is 0 Å². The van der Waals surface area contributed by atoms with Crippen LogP contribution in [-0.4, -0.2) is 15.8 Å². The van der Waals surface area contributed by atoms with Gasteiger partial charge in [-0.15, -0.1) is 0 Å². The van der Waals surface area contributed by atoms with E-state index in [9.17, 15) is 0 Å². The standard InChI is InChI=1S/C12H24N4/c1-10(2)4-5-11(15-13)6-7-12-8-9-14-16(12)3/h8-11,15H,4-7,13H2,1-3H3. The number of aromatic nitrogens is 2. The largest absolute Gasteiger partial charge is 0.273 e. The summed E-state index contributed by atoms with van der Waals surface area (Å²) in [6.45, 7) is 4.49. The number of nitrogens with two attached hydrogens (primary N) is 1. The van der Waals surface area contributed by atoms with Crippen LogP contribution in [0.25, 0.3) is 0 Å². The molecular formula is C12H24N4. The van der Waals surface area contributed by atoms with E-state index in [0.29, 0.717) is 6.04 Å². The molecule has 1 atom stereocenters.